The van der Waals surface area contributed by atoms with Crippen molar-refractivity contribution in [3.8, 4) is 0 Å². The molecule has 0 atom stereocenters. The van der Waals surface area contributed by atoms with Gasteiger partial charge >= 0.3 is 5.69 Å². The molecule has 0 saturated heterocycles. The average molecular weight is 281 g/mol. The topological polar surface area (TPSA) is 73.0 Å². The lowest BCUT2D eigenvalue weighted by atomic mass is 10.2. The van der Waals surface area contributed by atoms with Crippen LogP contribution in [0.1, 0.15) is 19.9 Å². The fourth-order valence-corrected chi connectivity index (χ4v) is 1.89. The molecule has 0 aliphatic carbocycles. The predicted molar refractivity (Wildman–Crippen MR) is 74.0 cm³/mol. The minimum atomic E-state index is -0.502. The van der Waals surface area contributed by atoms with Gasteiger partial charge in [-0.05, 0) is 26.0 Å². The zero-order chi connectivity index (χ0) is 14.0. The van der Waals surface area contributed by atoms with Crippen LogP contribution in [0.5, 0.6) is 0 Å². The van der Waals surface area contributed by atoms with Gasteiger partial charge < -0.3 is 5.32 Å². The van der Waals surface area contributed by atoms with E-state index in [0.717, 1.165) is 0 Å². The van der Waals surface area contributed by atoms with Gasteiger partial charge in [0.25, 0.3) is 0 Å². The molecule has 0 radical (unpaired) electrons. The summed E-state index contributed by atoms with van der Waals surface area (Å²) in [7, 11) is 0. The number of halogens is 1. The molecular weight excluding hydrogens is 268 g/mol. The number of hydrogen-bond acceptors (Lipinski definition) is 4. The highest BCUT2D eigenvalue weighted by molar-refractivity contribution is 6.33. The maximum Gasteiger partial charge on any atom is 0.311 e. The first-order valence-corrected chi connectivity index (χ1v) is 6.11. The molecule has 0 spiro atoms. The van der Waals surface area contributed by atoms with Gasteiger partial charge in [0.1, 0.15) is 10.7 Å². The Bertz CT molecular complexity index is 610. The summed E-state index contributed by atoms with van der Waals surface area (Å²) < 4.78 is 1.76. The van der Waals surface area contributed by atoms with Crippen molar-refractivity contribution in [3.63, 3.8) is 0 Å². The Morgan fingerprint density at radius 3 is 2.79 bits per heavy atom. The Morgan fingerprint density at radius 1 is 1.47 bits per heavy atom. The molecule has 100 valence electrons. The van der Waals surface area contributed by atoms with E-state index in [0.29, 0.717) is 11.4 Å². The van der Waals surface area contributed by atoms with Crippen molar-refractivity contribution < 1.29 is 4.92 Å². The minimum absolute atomic E-state index is 0.103. The molecule has 2 rings (SSSR count). The van der Waals surface area contributed by atoms with Crippen LogP contribution in [-0.2, 0) is 0 Å². The van der Waals surface area contributed by atoms with Crippen molar-refractivity contribution in [1.82, 2.24) is 9.78 Å². The first-order valence-electron chi connectivity index (χ1n) is 5.73. The van der Waals surface area contributed by atoms with E-state index in [2.05, 4.69) is 10.4 Å². The van der Waals surface area contributed by atoms with E-state index in [9.17, 15) is 10.1 Å². The highest BCUT2D eigenvalue weighted by atomic mass is 35.5. The van der Waals surface area contributed by atoms with Crippen LogP contribution in [0.3, 0.4) is 0 Å². The van der Waals surface area contributed by atoms with Gasteiger partial charge in [-0.3, -0.25) is 14.8 Å². The third-order valence-electron chi connectivity index (χ3n) is 2.58. The van der Waals surface area contributed by atoms with Crippen LogP contribution in [0.4, 0.5) is 17.1 Å². The average Bonchev–Trinajstić information content (AvgIpc) is 2.77. The van der Waals surface area contributed by atoms with Crippen LogP contribution >= 0.6 is 11.6 Å². The lowest BCUT2D eigenvalue weighted by Gasteiger charge is -2.06. The number of nitrogens with one attached hydrogen (secondary N) is 1. The van der Waals surface area contributed by atoms with Crippen molar-refractivity contribution in [1.29, 1.82) is 0 Å². The summed E-state index contributed by atoms with van der Waals surface area (Å²) in [5.74, 6) is 0. The Labute approximate surface area is 115 Å². The van der Waals surface area contributed by atoms with Gasteiger partial charge in [0.15, 0.2) is 0 Å². The van der Waals surface area contributed by atoms with E-state index in [1.807, 2.05) is 13.8 Å². The van der Waals surface area contributed by atoms with Crippen LogP contribution < -0.4 is 5.32 Å². The zero-order valence-electron chi connectivity index (χ0n) is 10.5. The molecule has 7 heteroatoms. The van der Waals surface area contributed by atoms with Crippen molar-refractivity contribution in [2.45, 2.75) is 19.9 Å². The SMILES string of the molecule is CC(C)n1cc(Nc2cccc(Cl)c2[N+](=O)[O-])cn1. The van der Waals surface area contributed by atoms with Gasteiger partial charge in [-0.2, -0.15) is 5.10 Å². The molecule has 2 aromatic rings. The van der Waals surface area contributed by atoms with Gasteiger partial charge in [0.2, 0.25) is 0 Å². The maximum atomic E-state index is 11.0. The Kier molecular flexibility index (Phi) is 3.71. The molecule has 0 aliphatic heterocycles. The summed E-state index contributed by atoms with van der Waals surface area (Å²) in [5, 5.41) is 18.2. The van der Waals surface area contributed by atoms with E-state index in [4.69, 9.17) is 11.6 Å². The second kappa shape index (κ2) is 5.27. The van der Waals surface area contributed by atoms with Gasteiger partial charge in [-0.25, -0.2) is 0 Å². The van der Waals surface area contributed by atoms with Crippen molar-refractivity contribution in [2.75, 3.05) is 5.32 Å². The third-order valence-corrected chi connectivity index (χ3v) is 2.88. The van der Waals surface area contributed by atoms with Gasteiger partial charge in [-0.1, -0.05) is 17.7 Å². The van der Waals surface area contributed by atoms with E-state index < -0.39 is 4.92 Å². The van der Waals surface area contributed by atoms with Crippen molar-refractivity contribution in [3.05, 3.63) is 45.7 Å². The fourth-order valence-electron chi connectivity index (χ4n) is 1.64. The van der Waals surface area contributed by atoms with Gasteiger partial charge in [0.05, 0.1) is 16.8 Å². The molecule has 0 aliphatic rings. The quantitative estimate of drug-likeness (QED) is 0.683. The summed E-state index contributed by atoms with van der Waals surface area (Å²) >= 11 is 5.84. The summed E-state index contributed by atoms with van der Waals surface area (Å²) in [6, 6.07) is 4.98. The predicted octanol–water partition coefficient (Wildman–Crippen LogP) is 3.77. The number of rotatable bonds is 4. The van der Waals surface area contributed by atoms with Gasteiger partial charge in [-0.15, -0.1) is 0 Å². The minimum Gasteiger partial charge on any atom is -0.347 e. The normalized spacial score (nSPS) is 10.7. The number of nitrogens with zero attached hydrogens (tertiary/aromatic N) is 3. The third kappa shape index (κ3) is 2.85. The summed E-state index contributed by atoms with van der Waals surface area (Å²) in [6.45, 7) is 4.00. The van der Waals surface area contributed by atoms with Crippen molar-refractivity contribution >= 4 is 28.7 Å². The molecule has 19 heavy (non-hydrogen) atoms. The van der Waals surface area contributed by atoms with Gasteiger partial charge in [0, 0.05) is 12.2 Å². The Morgan fingerprint density at radius 2 is 2.21 bits per heavy atom. The second-order valence-electron chi connectivity index (χ2n) is 4.32. The fraction of sp³-hybridized carbons (Fsp3) is 0.250. The molecule has 0 fully saturated rings. The van der Waals surface area contributed by atoms with E-state index >= 15 is 0 Å². The molecule has 0 bridgehead atoms. The molecule has 0 saturated carbocycles. The highest BCUT2D eigenvalue weighted by Gasteiger charge is 2.18. The molecule has 1 aromatic heterocycles. The number of nitro groups is 1. The van der Waals surface area contributed by atoms with Crippen LogP contribution in [0.2, 0.25) is 5.02 Å². The summed E-state index contributed by atoms with van der Waals surface area (Å²) in [4.78, 5) is 10.5. The first kappa shape index (κ1) is 13.4. The number of para-hydroxylation sites is 1. The standard InChI is InChI=1S/C12H13ClN4O2/c1-8(2)16-7-9(6-14-16)15-11-5-3-4-10(13)12(11)17(18)19/h3-8,15H,1-2H3. The van der Waals surface area contributed by atoms with E-state index in [1.165, 1.54) is 6.07 Å². The van der Waals surface area contributed by atoms with E-state index in [1.54, 1.807) is 29.2 Å². The Balaban J connectivity index is 2.32. The molecule has 1 heterocycles. The summed E-state index contributed by atoms with van der Waals surface area (Å²) in [6.07, 6.45) is 3.40. The number of aromatic nitrogens is 2. The molecule has 0 unspecified atom stereocenters. The van der Waals surface area contributed by atoms with Crippen LogP contribution in [-0.4, -0.2) is 14.7 Å². The van der Waals surface area contributed by atoms with Crippen LogP contribution in [0, 0.1) is 10.1 Å². The lowest BCUT2D eigenvalue weighted by Crippen LogP contribution is -2.00. The molecule has 1 N–H and O–H groups in total. The van der Waals surface area contributed by atoms with E-state index in [-0.39, 0.29) is 16.8 Å². The smallest absolute Gasteiger partial charge is 0.311 e. The highest BCUT2D eigenvalue weighted by Crippen LogP contribution is 2.34. The van der Waals surface area contributed by atoms with Crippen LogP contribution in [0.15, 0.2) is 30.6 Å². The monoisotopic (exact) mass is 280 g/mol. The largest absolute Gasteiger partial charge is 0.347 e. The number of anilines is 2. The molecule has 0 amide bonds. The molecule has 6 nitrogen and oxygen atoms in total. The first-order chi connectivity index (χ1) is 8.99. The lowest BCUT2D eigenvalue weighted by molar-refractivity contribution is -0.383. The Hall–Kier alpha value is -2.08. The molecule has 1 aromatic carbocycles. The molecular formula is C12H13ClN4O2. The number of nitro benzene ring substituents is 1. The number of hydrogen-bond donors (Lipinski definition) is 1. The maximum absolute atomic E-state index is 11.0. The number of benzene rings is 1. The summed E-state index contributed by atoms with van der Waals surface area (Å²) in [5.41, 5.74) is 0.890. The van der Waals surface area contributed by atoms with Crippen molar-refractivity contribution in [2.24, 2.45) is 0 Å². The van der Waals surface area contributed by atoms with Crippen LogP contribution in [0.25, 0.3) is 0 Å². The second-order valence-corrected chi connectivity index (χ2v) is 4.73. The zero-order valence-corrected chi connectivity index (χ0v) is 11.3.